The number of rotatable bonds is 2. The number of hydrogen-bond acceptors (Lipinski definition) is 2. The third-order valence-electron chi connectivity index (χ3n) is 3.82. The summed E-state index contributed by atoms with van der Waals surface area (Å²) in [4.78, 5) is 4.19. The fourth-order valence-electron chi connectivity index (χ4n) is 3.19. The van der Waals surface area contributed by atoms with Gasteiger partial charge in [-0.3, -0.25) is 4.98 Å². The number of aromatic nitrogens is 1. The zero-order valence-corrected chi connectivity index (χ0v) is 11.5. The van der Waals surface area contributed by atoms with Gasteiger partial charge in [-0.1, -0.05) is 6.07 Å². The molecule has 2 aliphatic heterocycles. The molecule has 4 heteroatoms. The van der Waals surface area contributed by atoms with Crippen LogP contribution in [0.1, 0.15) is 31.2 Å². The average molecular weight is 275 g/mol. The van der Waals surface area contributed by atoms with Crippen LogP contribution in [0.4, 0.5) is 0 Å². The molecular formula is C13H20Cl2N2. The van der Waals surface area contributed by atoms with Crippen LogP contribution in [0.5, 0.6) is 0 Å². The van der Waals surface area contributed by atoms with E-state index >= 15 is 0 Å². The molecule has 2 nitrogen and oxygen atoms in total. The van der Waals surface area contributed by atoms with Gasteiger partial charge >= 0.3 is 0 Å². The van der Waals surface area contributed by atoms with Crippen LogP contribution in [0, 0.1) is 5.92 Å². The van der Waals surface area contributed by atoms with E-state index in [0.29, 0.717) is 0 Å². The number of hydrogen-bond donors (Lipinski definition) is 1. The van der Waals surface area contributed by atoms with Crippen LogP contribution in [0.25, 0.3) is 0 Å². The lowest BCUT2D eigenvalue weighted by molar-refractivity contribution is 0.298. The number of pyridine rings is 1. The van der Waals surface area contributed by atoms with E-state index in [0.717, 1.165) is 18.0 Å². The van der Waals surface area contributed by atoms with Crippen LogP contribution in [0.15, 0.2) is 24.5 Å². The van der Waals surface area contributed by atoms with Gasteiger partial charge in [-0.05, 0) is 49.7 Å². The average Bonchev–Trinajstić information content (AvgIpc) is 2.60. The van der Waals surface area contributed by atoms with Crippen molar-refractivity contribution in [2.45, 2.75) is 44.2 Å². The molecule has 96 valence electrons. The van der Waals surface area contributed by atoms with E-state index in [1.54, 1.807) is 0 Å². The molecule has 0 amide bonds. The molecule has 2 atom stereocenters. The van der Waals surface area contributed by atoms with Gasteiger partial charge in [0.05, 0.1) is 0 Å². The van der Waals surface area contributed by atoms with Crippen molar-refractivity contribution in [2.24, 2.45) is 5.92 Å². The molecule has 1 aromatic rings. The summed E-state index contributed by atoms with van der Waals surface area (Å²) in [5.41, 5.74) is 1.41. The standard InChI is InChI=1S/C13H18N2.2ClH/c1-2-10(9-14-5-1)6-11-7-12-3-4-13(8-11)15-12;;/h1-2,5,9,11-13,15H,3-4,6-8H2;2*1H. The SMILES string of the molecule is Cl.Cl.c1cncc(CC2CC3CCC(C2)N3)c1. The predicted octanol–water partition coefficient (Wildman–Crippen LogP) is 3.00. The molecule has 0 aromatic carbocycles. The molecule has 2 fully saturated rings. The maximum Gasteiger partial charge on any atom is 0.0299 e. The van der Waals surface area contributed by atoms with E-state index in [4.69, 9.17) is 0 Å². The van der Waals surface area contributed by atoms with Gasteiger partial charge < -0.3 is 5.32 Å². The third kappa shape index (κ3) is 3.57. The van der Waals surface area contributed by atoms with Gasteiger partial charge in [-0.25, -0.2) is 0 Å². The minimum Gasteiger partial charge on any atom is -0.311 e. The summed E-state index contributed by atoms with van der Waals surface area (Å²) >= 11 is 0. The van der Waals surface area contributed by atoms with Crippen LogP contribution in [-0.2, 0) is 6.42 Å². The fourth-order valence-corrected chi connectivity index (χ4v) is 3.19. The smallest absolute Gasteiger partial charge is 0.0299 e. The van der Waals surface area contributed by atoms with Gasteiger partial charge in [-0.2, -0.15) is 0 Å². The Labute approximate surface area is 115 Å². The second-order valence-electron chi connectivity index (χ2n) is 5.04. The van der Waals surface area contributed by atoms with Crippen LogP contribution in [-0.4, -0.2) is 17.1 Å². The molecule has 1 aromatic heterocycles. The molecule has 0 spiro atoms. The molecule has 0 saturated carbocycles. The molecule has 0 aliphatic carbocycles. The van der Waals surface area contributed by atoms with Crippen LogP contribution < -0.4 is 5.32 Å². The molecule has 2 bridgehead atoms. The molecule has 2 aliphatic rings. The number of piperidine rings is 1. The maximum absolute atomic E-state index is 4.19. The summed E-state index contributed by atoms with van der Waals surface area (Å²) in [5, 5.41) is 3.69. The Bertz CT molecular complexity index is 319. The van der Waals surface area contributed by atoms with Crippen molar-refractivity contribution in [2.75, 3.05) is 0 Å². The monoisotopic (exact) mass is 274 g/mol. The van der Waals surface area contributed by atoms with Gasteiger partial charge in [0.25, 0.3) is 0 Å². The summed E-state index contributed by atoms with van der Waals surface area (Å²) in [6, 6.07) is 5.87. The third-order valence-corrected chi connectivity index (χ3v) is 3.82. The highest BCUT2D eigenvalue weighted by molar-refractivity contribution is 5.85. The van der Waals surface area contributed by atoms with Crippen molar-refractivity contribution in [3.8, 4) is 0 Å². The van der Waals surface area contributed by atoms with Crippen molar-refractivity contribution in [3.05, 3.63) is 30.1 Å². The van der Waals surface area contributed by atoms with E-state index in [1.165, 1.54) is 37.7 Å². The summed E-state index contributed by atoms with van der Waals surface area (Å²) < 4.78 is 0. The minimum atomic E-state index is 0. The van der Waals surface area contributed by atoms with Crippen molar-refractivity contribution in [1.82, 2.24) is 10.3 Å². The highest BCUT2D eigenvalue weighted by Crippen LogP contribution is 2.32. The Hall–Kier alpha value is -0.310. The summed E-state index contributed by atoms with van der Waals surface area (Å²) in [6.07, 6.45) is 10.6. The van der Waals surface area contributed by atoms with Gasteiger partial charge in [0.15, 0.2) is 0 Å². The van der Waals surface area contributed by atoms with Crippen molar-refractivity contribution < 1.29 is 0 Å². The molecule has 1 N–H and O–H groups in total. The van der Waals surface area contributed by atoms with Gasteiger partial charge in [0.2, 0.25) is 0 Å². The Balaban J connectivity index is 0.000000722. The largest absolute Gasteiger partial charge is 0.311 e. The molecule has 2 saturated heterocycles. The quantitative estimate of drug-likeness (QED) is 0.897. The summed E-state index contributed by atoms with van der Waals surface area (Å²) in [5.74, 6) is 0.882. The molecule has 3 rings (SSSR count). The first-order valence-electron chi connectivity index (χ1n) is 6.05. The van der Waals surface area contributed by atoms with E-state index in [2.05, 4.69) is 16.4 Å². The second-order valence-corrected chi connectivity index (χ2v) is 5.04. The van der Waals surface area contributed by atoms with Crippen molar-refractivity contribution in [3.63, 3.8) is 0 Å². The lowest BCUT2D eigenvalue weighted by Gasteiger charge is -2.29. The van der Waals surface area contributed by atoms with Crippen molar-refractivity contribution in [1.29, 1.82) is 0 Å². The Morgan fingerprint density at radius 2 is 1.88 bits per heavy atom. The topological polar surface area (TPSA) is 24.9 Å². The molecule has 0 radical (unpaired) electrons. The molecule has 17 heavy (non-hydrogen) atoms. The van der Waals surface area contributed by atoms with Crippen LogP contribution in [0.2, 0.25) is 0 Å². The molecular weight excluding hydrogens is 255 g/mol. The van der Waals surface area contributed by atoms with E-state index in [9.17, 15) is 0 Å². The van der Waals surface area contributed by atoms with E-state index < -0.39 is 0 Å². The first kappa shape index (κ1) is 14.7. The lowest BCUT2D eigenvalue weighted by atomic mass is 9.87. The minimum absolute atomic E-state index is 0. The maximum atomic E-state index is 4.19. The lowest BCUT2D eigenvalue weighted by Crippen LogP contribution is -2.38. The number of nitrogens with zero attached hydrogens (tertiary/aromatic N) is 1. The van der Waals surface area contributed by atoms with E-state index in [1.807, 2.05) is 18.5 Å². The number of nitrogens with one attached hydrogen (secondary N) is 1. The zero-order valence-electron chi connectivity index (χ0n) is 9.84. The van der Waals surface area contributed by atoms with Gasteiger partial charge in [0, 0.05) is 24.5 Å². The Morgan fingerprint density at radius 1 is 1.18 bits per heavy atom. The van der Waals surface area contributed by atoms with Gasteiger partial charge in [0.1, 0.15) is 0 Å². The first-order chi connectivity index (χ1) is 7.40. The summed E-state index contributed by atoms with van der Waals surface area (Å²) in [7, 11) is 0. The second kappa shape index (κ2) is 6.58. The summed E-state index contributed by atoms with van der Waals surface area (Å²) in [6.45, 7) is 0. The Morgan fingerprint density at radius 3 is 2.47 bits per heavy atom. The van der Waals surface area contributed by atoms with Crippen molar-refractivity contribution >= 4 is 24.8 Å². The first-order valence-corrected chi connectivity index (χ1v) is 6.05. The predicted molar refractivity (Wildman–Crippen MR) is 75.1 cm³/mol. The fraction of sp³-hybridized carbons (Fsp3) is 0.615. The van der Waals surface area contributed by atoms with Crippen LogP contribution >= 0.6 is 24.8 Å². The highest BCUT2D eigenvalue weighted by Gasteiger charge is 2.33. The molecule has 2 unspecified atom stereocenters. The highest BCUT2D eigenvalue weighted by atomic mass is 35.5. The number of fused-ring (bicyclic) bond motifs is 2. The normalized spacial score (nSPS) is 30.2. The zero-order chi connectivity index (χ0) is 10.1. The number of halogens is 2. The van der Waals surface area contributed by atoms with E-state index in [-0.39, 0.29) is 24.8 Å². The Kier molecular flexibility index (Phi) is 5.71. The molecule has 3 heterocycles. The van der Waals surface area contributed by atoms with Crippen LogP contribution in [0.3, 0.4) is 0 Å². The van der Waals surface area contributed by atoms with Gasteiger partial charge in [-0.15, -0.1) is 24.8 Å².